The molecule has 4 nitrogen and oxygen atoms in total. The number of hydrogen-bond acceptors (Lipinski definition) is 4. The highest BCUT2D eigenvalue weighted by atomic mass is 32.1. The van der Waals surface area contributed by atoms with Gasteiger partial charge in [0.25, 0.3) is 0 Å². The molecule has 2 rings (SSSR count). The summed E-state index contributed by atoms with van der Waals surface area (Å²) in [6, 6.07) is 7.66. The topological polar surface area (TPSA) is 55.4 Å². The van der Waals surface area contributed by atoms with Crippen molar-refractivity contribution in [1.29, 1.82) is 0 Å². The monoisotopic (exact) mass is 347 g/mol. The number of benzene rings is 1. The summed E-state index contributed by atoms with van der Waals surface area (Å²) in [5.74, 6) is -0.417. The van der Waals surface area contributed by atoms with Crippen LogP contribution in [0.2, 0.25) is 0 Å². The van der Waals surface area contributed by atoms with Crippen molar-refractivity contribution < 1.29 is 14.3 Å². The smallest absolute Gasteiger partial charge is 0.341 e. The Hall–Kier alpha value is -1.88. The Morgan fingerprint density at radius 3 is 2.62 bits per heavy atom. The van der Waals surface area contributed by atoms with Crippen molar-refractivity contribution in [3.05, 3.63) is 29.8 Å². The van der Waals surface area contributed by atoms with Gasteiger partial charge in [-0.25, -0.2) is 4.79 Å². The fourth-order valence-electron chi connectivity index (χ4n) is 2.72. The second kappa shape index (κ2) is 8.83. The lowest BCUT2D eigenvalue weighted by Crippen LogP contribution is -2.23. The van der Waals surface area contributed by atoms with Crippen LogP contribution in [0.1, 0.15) is 56.8 Å². The SMILES string of the molecule is CCCCC(CC)C(=O)Nc1sc2ccccc2c1C(=O)OCC. The summed E-state index contributed by atoms with van der Waals surface area (Å²) in [6.07, 6.45) is 3.77. The van der Waals surface area contributed by atoms with Crippen molar-refractivity contribution in [1.82, 2.24) is 0 Å². The Morgan fingerprint density at radius 1 is 1.21 bits per heavy atom. The lowest BCUT2D eigenvalue weighted by Gasteiger charge is -2.14. The van der Waals surface area contributed by atoms with Gasteiger partial charge >= 0.3 is 5.97 Å². The minimum absolute atomic E-state index is 0.0111. The minimum atomic E-state index is -0.383. The molecule has 24 heavy (non-hydrogen) atoms. The molecule has 1 unspecified atom stereocenters. The molecule has 5 heteroatoms. The van der Waals surface area contributed by atoms with E-state index in [1.165, 1.54) is 11.3 Å². The molecule has 1 N–H and O–H groups in total. The Bertz CT molecular complexity index is 708. The van der Waals surface area contributed by atoms with Gasteiger partial charge in [-0.1, -0.05) is 44.9 Å². The van der Waals surface area contributed by atoms with Crippen LogP contribution in [-0.4, -0.2) is 18.5 Å². The van der Waals surface area contributed by atoms with Gasteiger partial charge in [0.2, 0.25) is 5.91 Å². The lowest BCUT2D eigenvalue weighted by atomic mass is 9.98. The molecule has 1 atom stereocenters. The lowest BCUT2D eigenvalue weighted by molar-refractivity contribution is -0.120. The number of anilines is 1. The first kappa shape index (κ1) is 18.5. The molecular weight excluding hydrogens is 322 g/mol. The van der Waals surface area contributed by atoms with Crippen molar-refractivity contribution in [3.63, 3.8) is 0 Å². The van der Waals surface area contributed by atoms with E-state index < -0.39 is 0 Å². The molecule has 0 spiro atoms. The Morgan fingerprint density at radius 2 is 1.96 bits per heavy atom. The van der Waals surface area contributed by atoms with Crippen molar-refractivity contribution in [2.75, 3.05) is 11.9 Å². The fraction of sp³-hybridized carbons (Fsp3) is 0.474. The van der Waals surface area contributed by atoms with Gasteiger partial charge < -0.3 is 10.1 Å². The van der Waals surface area contributed by atoms with Crippen LogP contribution in [0.25, 0.3) is 10.1 Å². The maximum atomic E-state index is 12.6. The molecule has 0 radical (unpaired) electrons. The van der Waals surface area contributed by atoms with Gasteiger partial charge in [-0.05, 0) is 25.8 Å². The fourth-order valence-corrected chi connectivity index (χ4v) is 3.82. The molecule has 1 heterocycles. The summed E-state index contributed by atoms with van der Waals surface area (Å²) >= 11 is 1.43. The number of esters is 1. The second-order valence-corrected chi connectivity index (χ2v) is 6.81. The summed E-state index contributed by atoms with van der Waals surface area (Å²) < 4.78 is 6.15. The van der Waals surface area contributed by atoms with E-state index in [1.807, 2.05) is 31.2 Å². The first-order valence-electron chi connectivity index (χ1n) is 8.61. The first-order chi connectivity index (χ1) is 11.6. The molecule has 0 saturated carbocycles. The number of rotatable bonds is 8. The number of carbonyl (C=O) groups is 2. The first-order valence-corrected chi connectivity index (χ1v) is 9.43. The summed E-state index contributed by atoms with van der Waals surface area (Å²) in [4.78, 5) is 25.0. The normalized spacial score (nSPS) is 12.1. The van der Waals surface area contributed by atoms with E-state index in [9.17, 15) is 9.59 Å². The van der Waals surface area contributed by atoms with E-state index in [4.69, 9.17) is 4.74 Å². The Balaban J connectivity index is 2.31. The molecule has 1 aromatic carbocycles. The number of nitrogens with one attached hydrogen (secondary N) is 1. The maximum absolute atomic E-state index is 12.6. The van der Waals surface area contributed by atoms with Crippen molar-refractivity contribution in [2.24, 2.45) is 5.92 Å². The van der Waals surface area contributed by atoms with Crippen LogP contribution in [0.5, 0.6) is 0 Å². The van der Waals surface area contributed by atoms with Crippen molar-refractivity contribution >= 4 is 38.3 Å². The van der Waals surface area contributed by atoms with Crippen LogP contribution in [0.4, 0.5) is 5.00 Å². The number of thiophene rings is 1. The molecule has 0 aliphatic heterocycles. The highest BCUT2D eigenvalue weighted by Crippen LogP contribution is 2.36. The number of carbonyl (C=O) groups excluding carboxylic acids is 2. The van der Waals surface area contributed by atoms with E-state index in [2.05, 4.69) is 12.2 Å². The number of ether oxygens (including phenoxy) is 1. The highest BCUT2D eigenvalue weighted by molar-refractivity contribution is 7.23. The maximum Gasteiger partial charge on any atom is 0.341 e. The van der Waals surface area contributed by atoms with Crippen LogP contribution < -0.4 is 5.32 Å². The number of hydrogen-bond donors (Lipinski definition) is 1. The summed E-state index contributed by atoms with van der Waals surface area (Å²) in [5, 5.41) is 4.40. The van der Waals surface area contributed by atoms with Crippen LogP contribution in [0, 0.1) is 5.92 Å². The largest absolute Gasteiger partial charge is 0.462 e. The molecular formula is C19H25NO3S. The third kappa shape index (κ3) is 4.15. The average molecular weight is 347 g/mol. The minimum Gasteiger partial charge on any atom is -0.462 e. The quantitative estimate of drug-likeness (QED) is 0.665. The van der Waals surface area contributed by atoms with Gasteiger partial charge in [0, 0.05) is 16.0 Å². The van der Waals surface area contributed by atoms with E-state index in [0.29, 0.717) is 17.2 Å². The number of fused-ring (bicyclic) bond motifs is 1. The molecule has 0 fully saturated rings. The van der Waals surface area contributed by atoms with Crippen molar-refractivity contribution in [2.45, 2.75) is 46.5 Å². The van der Waals surface area contributed by atoms with Gasteiger partial charge in [-0.3, -0.25) is 4.79 Å². The standard InChI is InChI=1S/C19H25NO3S/c1-4-7-10-13(5-2)17(21)20-18-16(19(22)23-6-3)14-11-8-9-12-15(14)24-18/h8-9,11-13H,4-7,10H2,1-3H3,(H,20,21). The third-order valence-corrected chi connectivity index (χ3v) is 5.17. The Kier molecular flexibility index (Phi) is 6.79. The third-order valence-electron chi connectivity index (χ3n) is 4.08. The van der Waals surface area contributed by atoms with Crippen LogP contribution in [-0.2, 0) is 9.53 Å². The van der Waals surface area contributed by atoms with E-state index in [0.717, 1.165) is 35.8 Å². The molecule has 0 aliphatic carbocycles. The predicted octanol–water partition coefficient (Wildman–Crippen LogP) is 5.23. The van der Waals surface area contributed by atoms with E-state index in [1.54, 1.807) is 6.92 Å². The van der Waals surface area contributed by atoms with Gasteiger partial charge in [0.05, 0.1) is 6.61 Å². The molecule has 1 aromatic heterocycles. The zero-order valence-corrected chi connectivity index (χ0v) is 15.4. The average Bonchev–Trinajstić information content (AvgIpc) is 2.93. The van der Waals surface area contributed by atoms with Gasteiger partial charge in [0.15, 0.2) is 0 Å². The summed E-state index contributed by atoms with van der Waals surface area (Å²) in [5.41, 5.74) is 0.469. The van der Waals surface area contributed by atoms with Gasteiger partial charge in [0.1, 0.15) is 10.6 Å². The van der Waals surface area contributed by atoms with Crippen LogP contribution >= 0.6 is 11.3 Å². The van der Waals surface area contributed by atoms with E-state index in [-0.39, 0.29) is 17.8 Å². The number of amides is 1. The molecule has 2 aromatic rings. The van der Waals surface area contributed by atoms with E-state index >= 15 is 0 Å². The zero-order valence-electron chi connectivity index (χ0n) is 14.6. The van der Waals surface area contributed by atoms with Gasteiger partial charge in [-0.15, -0.1) is 11.3 Å². The highest BCUT2D eigenvalue weighted by Gasteiger charge is 2.23. The molecule has 0 bridgehead atoms. The number of unbranched alkanes of at least 4 members (excludes halogenated alkanes) is 1. The van der Waals surface area contributed by atoms with Gasteiger partial charge in [-0.2, -0.15) is 0 Å². The molecule has 0 aliphatic rings. The predicted molar refractivity (Wildman–Crippen MR) is 99.7 cm³/mol. The zero-order chi connectivity index (χ0) is 17.5. The van der Waals surface area contributed by atoms with Crippen LogP contribution in [0.15, 0.2) is 24.3 Å². The Labute approximate surface area is 147 Å². The van der Waals surface area contributed by atoms with Crippen LogP contribution in [0.3, 0.4) is 0 Å². The summed E-state index contributed by atoms with van der Waals surface area (Å²) in [7, 11) is 0. The van der Waals surface area contributed by atoms with Crippen molar-refractivity contribution in [3.8, 4) is 0 Å². The molecule has 1 amide bonds. The second-order valence-electron chi connectivity index (χ2n) is 5.76. The molecule has 0 saturated heterocycles. The molecule has 130 valence electrons. The summed E-state index contributed by atoms with van der Waals surface area (Å²) in [6.45, 7) is 6.24.